The van der Waals surface area contributed by atoms with E-state index in [0.29, 0.717) is 29.2 Å². The second-order valence-electron chi connectivity index (χ2n) is 8.21. The summed E-state index contributed by atoms with van der Waals surface area (Å²) in [5, 5.41) is 0.658. The molecule has 3 atom stereocenters. The van der Waals surface area contributed by atoms with Crippen molar-refractivity contribution in [2.75, 3.05) is 26.7 Å². The van der Waals surface area contributed by atoms with Crippen LogP contribution in [0.2, 0.25) is 5.02 Å². The third-order valence-corrected chi connectivity index (χ3v) is 6.54. The van der Waals surface area contributed by atoms with Crippen LogP contribution in [0.5, 0.6) is 0 Å². The van der Waals surface area contributed by atoms with Gasteiger partial charge in [-0.2, -0.15) is 0 Å². The molecule has 2 aliphatic heterocycles. The standard InChI is InChI=1S/C24H25ClN2O4/c1-15(27-22(28)19-5-3-4-6-20(19)23(27)29)13-26-12-11-18(21(14-26)24(30)31-2)16-7-9-17(25)10-8-16/h3-10,15,18,21H,11-14H2,1-2H3/t15?,18-,21-/m1/s1. The number of rotatable bonds is 5. The molecule has 31 heavy (non-hydrogen) atoms. The molecule has 1 saturated heterocycles. The summed E-state index contributed by atoms with van der Waals surface area (Å²) in [5.74, 6) is -1.05. The first-order chi connectivity index (χ1) is 14.9. The number of amides is 2. The van der Waals surface area contributed by atoms with Crippen molar-refractivity contribution < 1.29 is 19.1 Å². The van der Waals surface area contributed by atoms with Gasteiger partial charge >= 0.3 is 5.97 Å². The highest BCUT2D eigenvalue weighted by Gasteiger charge is 2.41. The average molecular weight is 441 g/mol. The van der Waals surface area contributed by atoms with Crippen molar-refractivity contribution in [3.63, 3.8) is 0 Å². The molecule has 0 saturated carbocycles. The summed E-state index contributed by atoms with van der Waals surface area (Å²) in [6, 6.07) is 14.2. The summed E-state index contributed by atoms with van der Waals surface area (Å²) in [7, 11) is 1.40. The van der Waals surface area contributed by atoms with Crippen LogP contribution in [0.15, 0.2) is 48.5 Å². The van der Waals surface area contributed by atoms with E-state index in [1.807, 2.05) is 31.2 Å². The number of piperidine rings is 1. The fourth-order valence-corrected chi connectivity index (χ4v) is 4.87. The highest BCUT2D eigenvalue weighted by atomic mass is 35.5. The van der Waals surface area contributed by atoms with Gasteiger partial charge in [0.25, 0.3) is 11.8 Å². The smallest absolute Gasteiger partial charge is 0.310 e. The average Bonchev–Trinajstić information content (AvgIpc) is 3.04. The number of imide groups is 1. The van der Waals surface area contributed by atoms with Gasteiger partial charge in [-0.15, -0.1) is 0 Å². The summed E-state index contributed by atoms with van der Waals surface area (Å²) in [6.45, 7) is 3.65. The normalized spacial score (nSPS) is 22.4. The summed E-state index contributed by atoms with van der Waals surface area (Å²) in [4.78, 5) is 41.6. The summed E-state index contributed by atoms with van der Waals surface area (Å²) in [6.07, 6.45) is 0.774. The Bertz CT molecular complexity index is 972. The van der Waals surface area contributed by atoms with E-state index in [2.05, 4.69) is 4.90 Å². The van der Waals surface area contributed by atoms with Crippen LogP contribution in [0.4, 0.5) is 0 Å². The quantitative estimate of drug-likeness (QED) is 0.525. The Morgan fingerprint density at radius 2 is 1.71 bits per heavy atom. The zero-order chi connectivity index (χ0) is 22.1. The van der Waals surface area contributed by atoms with Crippen LogP contribution in [0.1, 0.15) is 45.5 Å². The van der Waals surface area contributed by atoms with Gasteiger partial charge in [0.05, 0.1) is 30.2 Å². The van der Waals surface area contributed by atoms with Gasteiger partial charge in [-0.3, -0.25) is 19.3 Å². The maximum absolute atomic E-state index is 12.8. The van der Waals surface area contributed by atoms with Crippen LogP contribution in [0.25, 0.3) is 0 Å². The minimum absolute atomic E-state index is 0.0376. The topological polar surface area (TPSA) is 66.9 Å². The molecular formula is C24H25ClN2O4. The zero-order valence-corrected chi connectivity index (χ0v) is 18.3. The molecule has 4 rings (SSSR count). The van der Waals surface area contributed by atoms with Crippen LogP contribution in [-0.2, 0) is 9.53 Å². The van der Waals surface area contributed by atoms with Gasteiger partial charge in [0.1, 0.15) is 0 Å². The monoisotopic (exact) mass is 440 g/mol. The Balaban J connectivity index is 1.48. The number of methoxy groups -OCH3 is 1. The van der Waals surface area contributed by atoms with Crippen LogP contribution in [-0.4, -0.2) is 60.4 Å². The van der Waals surface area contributed by atoms with Crippen molar-refractivity contribution >= 4 is 29.4 Å². The van der Waals surface area contributed by atoms with E-state index in [4.69, 9.17) is 16.3 Å². The fraction of sp³-hybridized carbons (Fsp3) is 0.375. The predicted octanol–water partition coefficient (Wildman–Crippen LogP) is 3.60. The number of hydrogen-bond donors (Lipinski definition) is 0. The Hall–Kier alpha value is -2.70. The highest BCUT2D eigenvalue weighted by Crippen LogP contribution is 2.35. The molecule has 0 spiro atoms. The maximum Gasteiger partial charge on any atom is 0.310 e. The molecule has 0 radical (unpaired) electrons. The van der Waals surface area contributed by atoms with Gasteiger partial charge < -0.3 is 9.64 Å². The van der Waals surface area contributed by atoms with Crippen molar-refractivity contribution in [3.8, 4) is 0 Å². The molecule has 6 nitrogen and oxygen atoms in total. The third-order valence-electron chi connectivity index (χ3n) is 6.29. The number of ether oxygens (including phenoxy) is 1. The van der Waals surface area contributed by atoms with E-state index in [1.54, 1.807) is 24.3 Å². The Kier molecular flexibility index (Phi) is 6.12. The number of benzene rings is 2. The third kappa shape index (κ3) is 4.10. The number of carbonyl (C=O) groups excluding carboxylic acids is 3. The molecule has 1 fully saturated rings. The lowest BCUT2D eigenvalue weighted by atomic mass is 9.80. The molecule has 2 amide bonds. The van der Waals surface area contributed by atoms with E-state index in [9.17, 15) is 14.4 Å². The molecule has 7 heteroatoms. The summed E-state index contributed by atoms with van der Waals surface area (Å²) in [5.41, 5.74) is 1.97. The number of fused-ring (bicyclic) bond motifs is 1. The van der Waals surface area contributed by atoms with Gasteiger partial charge in [0.15, 0.2) is 0 Å². The van der Waals surface area contributed by atoms with Gasteiger partial charge in [-0.05, 0) is 55.6 Å². The predicted molar refractivity (Wildman–Crippen MR) is 117 cm³/mol. The minimum Gasteiger partial charge on any atom is -0.469 e. The second kappa shape index (κ2) is 8.81. The summed E-state index contributed by atoms with van der Waals surface area (Å²) >= 11 is 6.02. The lowest BCUT2D eigenvalue weighted by Gasteiger charge is -2.39. The Morgan fingerprint density at radius 3 is 2.29 bits per heavy atom. The Labute approximate surface area is 186 Å². The van der Waals surface area contributed by atoms with Gasteiger partial charge in [-0.1, -0.05) is 35.9 Å². The molecule has 1 unspecified atom stereocenters. The zero-order valence-electron chi connectivity index (χ0n) is 17.6. The van der Waals surface area contributed by atoms with E-state index in [-0.39, 0.29) is 35.7 Å². The van der Waals surface area contributed by atoms with Crippen LogP contribution in [0.3, 0.4) is 0 Å². The first-order valence-electron chi connectivity index (χ1n) is 10.4. The van der Waals surface area contributed by atoms with Gasteiger partial charge in [0.2, 0.25) is 0 Å². The SMILES string of the molecule is COC(=O)[C@@H]1CN(CC(C)N2C(=O)c3ccccc3C2=O)CC[C@@H]1c1ccc(Cl)cc1. The molecule has 0 bridgehead atoms. The van der Waals surface area contributed by atoms with Crippen molar-refractivity contribution in [3.05, 3.63) is 70.2 Å². The molecule has 0 aliphatic carbocycles. The molecule has 2 heterocycles. The van der Waals surface area contributed by atoms with Crippen molar-refractivity contribution in [2.24, 2.45) is 5.92 Å². The number of halogens is 1. The van der Waals surface area contributed by atoms with Crippen LogP contribution < -0.4 is 0 Å². The van der Waals surface area contributed by atoms with Gasteiger partial charge in [-0.25, -0.2) is 0 Å². The molecule has 2 aromatic rings. The number of nitrogens with zero attached hydrogens (tertiary/aromatic N) is 2. The van der Waals surface area contributed by atoms with E-state index >= 15 is 0 Å². The van der Waals surface area contributed by atoms with Crippen LogP contribution in [0, 0.1) is 5.92 Å². The lowest BCUT2D eigenvalue weighted by Crippen LogP contribution is -2.50. The maximum atomic E-state index is 12.8. The van der Waals surface area contributed by atoms with Crippen molar-refractivity contribution in [1.29, 1.82) is 0 Å². The fourth-order valence-electron chi connectivity index (χ4n) is 4.75. The number of carbonyl (C=O) groups is 3. The van der Waals surface area contributed by atoms with Gasteiger partial charge in [0, 0.05) is 18.1 Å². The van der Waals surface area contributed by atoms with Crippen LogP contribution >= 0.6 is 11.6 Å². The van der Waals surface area contributed by atoms with E-state index in [1.165, 1.54) is 12.0 Å². The first kappa shape index (κ1) is 21.5. The minimum atomic E-state index is -0.325. The molecule has 2 aliphatic rings. The lowest BCUT2D eigenvalue weighted by molar-refractivity contribution is -0.148. The second-order valence-corrected chi connectivity index (χ2v) is 8.65. The number of likely N-dealkylation sites (tertiary alicyclic amines) is 1. The molecular weight excluding hydrogens is 416 g/mol. The van der Waals surface area contributed by atoms with E-state index < -0.39 is 0 Å². The molecule has 0 aromatic heterocycles. The molecule has 162 valence electrons. The largest absolute Gasteiger partial charge is 0.469 e. The first-order valence-corrected chi connectivity index (χ1v) is 10.8. The van der Waals surface area contributed by atoms with E-state index in [0.717, 1.165) is 18.5 Å². The van der Waals surface area contributed by atoms with Crippen molar-refractivity contribution in [2.45, 2.75) is 25.3 Å². The summed E-state index contributed by atoms with van der Waals surface area (Å²) < 4.78 is 5.08. The molecule has 2 aromatic carbocycles. The van der Waals surface area contributed by atoms with Crippen molar-refractivity contribution in [1.82, 2.24) is 9.80 Å². The number of hydrogen-bond acceptors (Lipinski definition) is 5. The Morgan fingerprint density at radius 1 is 1.10 bits per heavy atom. The highest BCUT2D eigenvalue weighted by molar-refractivity contribution is 6.30. The molecule has 0 N–H and O–H groups in total. The number of esters is 1.